The van der Waals surface area contributed by atoms with E-state index in [4.69, 9.17) is 0 Å². The molecular weight excluding hydrogens is 1000 g/mol. The molecule has 4 nitrogen and oxygen atoms in total. The first-order valence-corrected chi connectivity index (χ1v) is 28.4. The fourth-order valence-corrected chi connectivity index (χ4v) is 17.4. The highest BCUT2D eigenvalue weighted by Gasteiger charge is 2.33. The Bertz CT molecular complexity index is 5300. The first kappa shape index (κ1) is 42.3. The van der Waals surface area contributed by atoms with Gasteiger partial charge in [-0.05, 0) is 59.7 Å². The minimum atomic E-state index is 0.445. The van der Waals surface area contributed by atoms with Crippen LogP contribution in [-0.2, 0) is 0 Å². The van der Waals surface area contributed by atoms with E-state index >= 15 is 0 Å². The molecule has 6 aromatic heterocycles. The quantitative estimate of drug-likeness (QED) is 0.176. The Morgan fingerprint density at radius 3 is 1.05 bits per heavy atom. The number of para-hydroxylation sites is 2. The maximum Gasteiger partial charge on any atom is 0.102 e. The lowest BCUT2D eigenvalue weighted by Gasteiger charge is -2.25. The summed E-state index contributed by atoms with van der Waals surface area (Å²) < 4.78 is 14.1. The van der Waals surface area contributed by atoms with Gasteiger partial charge in [-0.15, -0.1) is 45.3 Å². The molecule has 0 spiro atoms. The molecule has 0 saturated heterocycles. The second-order valence-electron chi connectivity index (χ2n) is 19.6. The van der Waals surface area contributed by atoms with Gasteiger partial charge in [-0.3, -0.25) is 0 Å². The van der Waals surface area contributed by atoms with Crippen LogP contribution in [0.4, 0.5) is 0 Å². The van der Waals surface area contributed by atoms with E-state index in [-0.39, 0.29) is 0 Å². The largest absolute Gasteiger partial charge is 0.306 e. The lowest BCUT2D eigenvalue weighted by Crippen LogP contribution is -2.11. The summed E-state index contributed by atoms with van der Waals surface area (Å²) >= 11 is 7.12. The van der Waals surface area contributed by atoms with Crippen molar-refractivity contribution in [1.82, 2.24) is 9.13 Å². The summed E-state index contributed by atoms with van der Waals surface area (Å²) in [6, 6.07) is 80.1. The Morgan fingerprint density at radius 1 is 0.289 bits per heavy atom. The summed E-state index contributed by atoms with van der Waals surface area (Å²) in [5, 5.41) is 38.7. The first-order chi connectivity index (χ1) is 37.6. The van der Waals surface area contributed by atoms with E-state index in [9.17, 15) is 10.5 Å². The topological polar surface area (TPSA) is 57.4 Å². The number of rotatable bonds is 4. The van der Waals surface area contributed by atoms with Crippen molar-refractivity contribution in [2.24, 2.45) is 0 Å². The van der Waals surface area contributed by atoms with E-state index in [1.54, 1.807) is 45.3 Å². The van der Waals surface area contributed by atoms with Crippen molar-refractivity contribution in [2.45, 2.75) is 0 Å². The fraction of sp³-hybridized carbons (Fsp3) is 0. The smallest absolute Gasteiger partial charge is 0.102 e. The number of hydrogen-bond acceptors (Lipinski definition) is 6. The van der Waals surface area contributed by atoms with Gasteiger partial charge in [-0.2, -0.15) is 10.5 Å². The summed E-state index contributed by atoms with van der Waals surface area (Å²) in [4.78, 5) is 0. The Balaban J connectivity index is 1.15. The third-order valence-electron chi connectivity index (χ3n) is 15.8. The average molecular weight is 1040 g/mol. The van der Waals surface area contributed by atoms with Crippen LogP contribution in [0, 0.1) is 22.7 Å². The van der Waals surface area contributed by atoms with E-state index in [0.717, 1.165) is 95.9 Å². The molecule has 8 heteroatoms. The molecule has 0 fully saturated rings. The molecule has 0 N–H and O–H groups in total. The number of aromatic nitrogens is 2. The molecule has 0 aliphatic carbocycles. The van der Waals surface area contributed by atoms with Crippen LogP contribution < -0.4 is 0 Å². The maximum atomic E-state index is 12.4. The number of thiophene rings is 4. The van der Waals surface area contributed by atoms with Gasteiger partial charge in [0.15, 0.2) is 0 Å². The molecule has 17 aromatic rings. The van der Waals surface area contributed by atoms with Crippen LogP contribution >= 0.6 is 45.3 Å². The molecule has 0 aliphatic heterocycles. The van der Waals surface area contributed by atoms with Gasteiger partial charge in [-0.1, -0.05) is 158 Å². The van der Waals surface area contributed by atoms with Crippen molar-refractivity contribution in [2.75, 3.05) is 0 Å². The molecular formula is C68H34N4S4. The Labute approximate surface area is 449 Å². The van der Waals surface area contributed by atoms with Crippen molar-refractivity contribution in [3.63, 3.8) is 0 Å². The summed E-state index contributed by atoms with van der Waals surface area (Å²) in [7, 11) is 0. The third kappa shape index (κ3) is 5.63. The minimum absolute atomic E-state index is 0.445. The molecule has 0 amide bonds. The van der Waals surface area contributed by atoms with Gasteiger partial charge in [0.05, 0.1) is 54.0 Å². The van der Waals surface area contributed by atoms with Gasteiger partial charge in [0.2, 0.25) is 0 Å². The highest BCUT2D eigenvalue weighted by Crippen LogP contribution is 2.53. The highest BCUT2D eigenvalue weighted by molar-refractivity contribution is 7.27. The first-order valence-electron chi connectivity index (χ1n) is 25.2. The van der Waals surface area contributed by atoms with Crippen molar-refractivity contribution < 1.29 is 0 Å². The van der Waals surface area contributed by atoms with E-state index in [1.165, 1.54) is 56.5 Å². The van der Waals surface area contributed by atoms with Gasteiger partial charge in [-0.25, -0.2) is 0 Å². The lowest BCUT2D eigenvalue weighted by atomic mass is 9.86. The predicted molar refractivity (Wildman–Crippen MR) is 327 cm³/mol. The number of nitrogens with zero attached hydrogens (tertiary/aromatic N) is 4. The van der Waals surface area contributed by atoms with Crippen LogP contribution in [-0.4, -0.2) is 9.13 Å². The van der Waals surface area contributed by atoms with E-state index in [2.05, 4.69) is 228 Å². The summed E-state index contributed by atoms with van der Waals surface area (Å²) in [6.45, 7) is 0. The molecule has 0 saturated carbocycles. The molecule has 6 heterocycles. The van der Waals surface area contributed by atoms with Crippen LogP contribution in [0.25, 0.3) is 158 Å². The molecule has 0 aliphatic rings. The van der Waals surface area contributed by atoms with Crippen LogP contribution in [0.15, 0.2) is 206 Å². The summed E-state index contributed by atoms with van der Waals surface area (Å²) in [5.41, 5.74) is 9.61. The summed E-state index contributed by atoms with van der Waals surface area (Å²) in [5.74, 6) is 0. The molecule has 350 valence electrons. The van der Waals surface area contributed by atoms with Crippen LogP contribution in [0.1, 0.15) is 11.1 Å². The van der Waals surface area contributed by atoms with Gasteiger partial charge in [0.25, 0.3) is 0 Å². The van der Waals surface area contributed by atoms with Gasteiger partial charge < -0.3 is 9.13 Å². The number of fused-ring (bicyclic) bond motifs is 20. The normalized spacial score (nSPS) is 12.2. The van der Waals surface area contributed by atoms with Crippen LogP contribution in [0.5, 0.6) is 0 Å². The number of nitriles is 2. The maximum absolute atomic E-state index is 12.4. The number of hydrogen-bond donors (Lipinski definition) is 0. The molecule has 76 heavy (non-hydrogen) atoms. The fourth-order valence-electron chi connectivity index (χ4n) is 12.6. The monoisotopic (exact) mass is 1030 g/mol. The zero-order chi connectivity index (χ0) is 49.9. The standard InChI is InChI=1S/C68H34N4S4/c69-35-51-61(37-25-27-45-41-15-3-9-21-55(41)73-59(45)33-37)52(36-70)64(72-54-20-8-2-14-40(54)48-30-32-50-44-18-6-12-24-58(44)76-68(50)66(48)72)62(38-26-28-46-42-16-4-10-22-56(42)74-60(46)34-38)63(51)71-53-19-7-1-13-39(53)47-29-31-49-43-17-5-11-23-57(43)75-67(49)65(47)71/h1-34H. The van der Waals surface area contributed by atoms with Gasteiger partial charge >= 0.3 is 0 Å². The number of benzene rings is 11. The van der Waals surface area contributed by atoms with Crippen LogP contribution in [0.3, 0.4) is 0 Å². The van der Waals surface area contributed by atoms with E-state index in [0.29, 0.717) is 16.7 Å². The molecule has 0 unspecified atom stereocenters. The van der Waals surface area contributed by atoms with Gasteiger partial charge in [0, 0.05) is 104 Å². The van der Waals surface area contributed by atoms with Crippen molar-refractivity contribution >= 4 is 170 Å². The average Bonchev–Trinajstić information content (AvgIpc) is 4.50. The van der Waals surface area contributed by atoms with Crippen LogP contribution in [0.2, 0.25) is 0 Å². The highest BCUT2D eigenvalue weighted by atomic mass is 32.1. The SMILES string of the molecule is N#Cc1c(-c2ccc3c(c2)sc2ccccc23)c(C#N)c(-n2c3ccccc3c3ccc4c5ccccc5sc4c32)c(-c2ccc3c(c2)sc2ccccc23)c1-n1c2ccccc2c2ccc3c4ccccc4sc3c21. The third-order valence-corrected chi connectivity index (χ3v) is 20.5. The van der Waals surface area contributed by atoms with Crippen molar-refractivity contribution in [3.8, 4) is 45.8 Å². The zero-order valence-electron chi connectivity index (χ0n) is 40.1. The van der Waals surface area contributed by atoms with Gasteiger partial charge in [0.1, 0.15) is 12.1 Å². The molecule has 0 bridgehead atoms. The Kier molecular flexibility index (Phi) is 8.73. The van der Waals surface area contributed by atoms with E-state index in [1.807, 2.05) is 0 Å². The molecule has 0 atom stereocenters. The van der Waals surface area contributed by atoms with Crippen molar-refractivity contribution in [1.29, 1.82) is 10.5 Å². The predicted octanol–water partition coefficient (Wildman–Crippen LogP) is 20.4. The Hall–Kier alpha value is -9.12. The zero-order valence-corrected chi connectivity index (χ0v) is 43.3. The second-order valence-corrected chi connectivity index (χ2v) is 23.9. The molecule has 0 radical (unpaired) electrons. The lowest BCUT2D eigenvalue weighted by molar-refractivity contribution is 1.13. The summed E-state index contributed by atoms with van der Waals surface area (Å²) in [6.07, 6.45) is 0. The Morgan fingerprint density at radius 2 is 0.618 bits per heavy atom. The van der Waals surface area contributed by atoms with E-state index < -0.39 is 0 Å². The second kappa shape index (κ2) is 15.7. The van der Waals surface area contributed by atoms with Crippen molar-refractivity contribution in [3.05, 3.63) is 217 Å². The minimum Gasteiger partial charge on any atom is -0.306 e. The molecule has 11 aromatic carbocycles. The molecule has 17 rings (SSSR count).